The summed E-state index contributed by atoms with van der Waals surface area (Å²) in [5.74, 6) is 1.48. The highest BCUT2D eigenvalue weighted by atomic mass is 32.1. The number of guanidine groups is 1. The minimum Gasteiger partial charge on any atom is -0.377 e. The Morgan fingerprint density at radius 2 is 2.19 bits per heavy atom. The van der Waals surface area contributed by atoms with Crippen LogP contribution in [0.15, 0.2) is 10.4 Å². The standard InChI is InChI=1S/C20H34N4OS/c1-7-21-18(22-11-15-23-14(12-26-15)19(2,3)4)24-16-13-9-8-10-25-17(13)20(16,5)6/h12-13,16-17H,7-11H2,1-6H3,(H2,21,22,24). The van der Waals surface area contributed by atoms with Crippen molar-refractivity contribution in [1.29, 1.82) is 0 Å². The average Bonchev–Trinajstić information content (AvgIpc) is 3.06. The Balaban J connectivity index is 1.67. The van der Waals surface area contributed by atoms with Crippen molar-refractivity contribution >= 4 is 17.3 Å². The molecule has 2 N–H and O–H groups in total. The molecule has 1 saturated carbocycles. The maximum atomic E-state index is 6.02. The first-order valence-electron chi connectivity index (χ1n) is 9.85. The number of aliphatic imine (C=N–C) groups is 1. The first-order valence-corrected chi connectivity index (χ1v) is 10.7. The van der Waals surface area contributed by atoms with Gasteiger partial charge in [0.2, 0.25) is 0 Å². The van der Waals surface area contributed by atoms with E-state index in [1.54, 1.807) is 11.3 Å². The van der Waals surface area contributed by atoms with E-state index in [9.17, 15) is 0 Å². The topological polar surface area (TPSA) is 58.5 Å². The number of thiazole rings is 1. The molecule has 3 atom stereocenters. The Morgan fingerprint density at radius 1 is 1.42 bits per heavy atom. The number of hydrogen-bond acceptors (Lipinski definition) is 4. The van der Waals surface area contributed by atoms with Crippen LogP contribution >= 0.6 is 11.3 Å². The monoisotopic (exact) mass is 378 g/mol. The lowest BCUT2D eigenvalue weighted by molar-refractivity contribution is -0.188. The van der Waals surface area contributed by atoms with E-state index < -0.39 is 0 Å². The summed E-state index contributed by atoms with van der Waals surface area (Å²) in [6.07, 6.45) is 2.79. The molecule has 2 heterocycles. The SMILES string of the molecule is CCNC(=NCc1nc(C(C)(C)C)cs1)NC1C2CCCOC2C1(C)C. The first-order chi connectivity index (χ1) is 12.2. The van der Waals surface area contributed by atoms with Gasteiger partial charge in [-0.2, -0.15) is 0 Å². The van der Waals surface area contributed by atoms with Gasteiger partial charge >= 0.3 is 0 Å². The second-order valence-electron chi connectivity index (χ2n) is 9.11. The predicted molar refractivity (Wildman–Crippen MR) is 109 cm³/mol. The van der Waals surface area contributed by atoms with Crippen LogP contribution in [0, 0.1) is 11.3 Å². The zero-order valence-corrected chi connectivity index (χ0v) is 17.9. The normalized spacial score (nSPS) is 28.2. The van der Waals surface area contributed by atoms with Gasteiger partial charge in [0.05, 0.1) is 18.3 Å². The van der Waals surface area contributed by atoms with Gasteiger partial charge in [0.1, 0.15) is 5.01 Å². The van der Waals surface area contributed by atoms with E-state index in [4.69, 9.17) is 14.7 Å². The van der Waals surface area contributed by atoms with Crippen LogP contribution in [-0.2, 0) is 16.7 Å². The summed E-state index contributed by atoms with van der Waals surface area (Å²) < 4.78 is 6.02. The molecule has 3 unspecified atom stereocenters. The van der Waals surface area contributed by atoms with Crippen LogP contribution in [0.2, 0.25) is 0 Å². The summed E-state index contributed by atoms with van der Waals surface area (Å²) in [4.78, 5) is 9.56. The molecule has 1 aromatic heterocycles. The van der Waals surface area contributed by atoms with E-state index in [2.05, 4.69) is 57.6 Å². The number of rotatable bonds is 4. The van der Waals surface area contributed by atoms with Crippen LogP contribution in [0.25, 0.3) is 0 Å². The number of ether oxygens (including phenoxy) is 1. The highest BCUT2D eigenvalue weighted by Crippen LogP contribution is 2.51. The van der Waals surface area contributed by atoms with Crippen LogP contribution in [0.1, 0.15) is 65.1 Å². The first kappa shape index (κ1) is 19.6. The van der Waals surface area contributed by atoms with Crippen LogP contribution in [0.4, 0.5) is 0 Å². The minimum absolute atomic E-state index is 0.0904. The van der Waals surface area contributed by atoms with Crippen molar-refractivity contribution in [2.24, 2.45) is 16.3 Å². The zero-order valence-electron chi connectivity index (χ0n) is 17.1. The Labute approximate surface area is 162 Å². The molecule has 6 heteroatoms. The van der Waals surface area contributed by atoms with E-state index in [0.29, 0.717) is 24.6 Å². The molecule has 0 radical (unpaired) electrons. The third-order valence-corrected chi connectivity index (χ3v) is 6.49. The molecule has 1 aliphatic heterocycles. The molecule has 3 rings (SSSR count). The number of nitrogens with one attached hydrogen (secondary N) is 2. The predicted octanol–water partition coefficient (Wildman–Crippen LogP) is 3.70. The molecule has 0 amide bonds. The van der Waals surface area contributed by atoms with Gasteiger partial charge in [0, 0.05) is 41.3 Å². The summed E-state index contributed by atoms with van der Waals surface area (Å²) in [6.45, 7) is 15.7. The maximum absolute atomic E-state index is 6.02. The molecular formula is C20H34N4OS. The van der Waals surface area contributed by atoms with Gasteiger partial charge in [0.25, 0.3) is 0 Å². The van der Waals surface area contributed by atoms with E-state index in [1.807, 2.05) is 0 Å². The number of nitrogens with zero attached hydrogens (tertiary/aromatic N) is 2. The van der Waals surface area contributed by atoms with Crippen molar-refractivity contribution in [1.82, 2.24) is 15.6 Å². The smallest absolute Gasteiger partial charge is 0.191 e. The molecule has 0 bridgehead atoms. The van der Waals surface area contributed by atoms with Gasteiger partial charge in [-0.3, -0.25) is 0 Å². The summed E-state index contributed by atoms with van der Waals surface area (Å²) in [5, 5.41) is 10.3. The second-order valence-corrected chi connectivity index (χ2v) is 10.1. The molecule has 0 aromatic carbocycles. The van der Waals surface area contributed by atoms with Crippen LogP contribution in [0.5, 0.6) is 0 Å². The van der Waals surface area contributed by atoms with Crippen LogP contribution in [-0.4, -0.2) is 36.2 Å². The molecule has 5 nitrogen and oxygen atoms in total. The fourth-order valence-corrected chi connectivity index (χ4v) is 5.10. The van der Waals surface area contributed by atoms with E-state index >= 15 is 0 Å². The number of aromatic nitrogens is 1. The van der Waals surface area contributed by atoms with Gasteiger partial charge in [-0.05, 0) is 19.8 Å². The van der Waals surface area contributed by atoms with Crippen LogP contribution < -0.4 is 10.6 Å². The van der Waals surface area contributed by atoms with Gasteiger partial charge in [0.15, 0.2) is 5.96 Å². The van der Waals surface area contributed by atoms with Gasteiger partial charge in [-0.25, -0.2) is 9.98 Å². The van der Waals surface area contributed by atoms with Gasteiger partial charge in [-0.1, -0.05) is 34.6 Å². The van der Waals surface area contributed by atoms with Crippen molar-refractivity contribution in [2.45, 2.75) is 78.5 Å². The quantitative estimate of drug-likeness (QED) is 0.619. The van der Waals surface area contributed by atoms with Gasteiger partial charge < -0.3 is 15.4 Å². The Kier molecular flexibility index (Phi) is 5.63. The number of fused-ring (bicyclic) bond motifs is 1. The summed E-state index contributed by atoms with van der Waals surface area (Å²) in [5.41, 5.74) is 1.38. The summed E-state index contributed by atoms with van der Waals surface area (Å²) in [6, 6.07) is 0.409. The van der Waals surface area contributed by atoms with Crippen LogP contribution in [0.3, 0.4) is 0 Å². The van der Waals surface area contributed by atoms with E-state index in [-0.39, 0.29) is 10.8 Å². The Hall–Kier alpha value is -1.14. The van der Waals surface area contributed by atoms with Gasteiger partial charge in [-0.15, -0.1) is 11.3 Å². The lowest BCUT2D eigenvalue weighted by Gasteiger charge is -2.60. The van der Waals surface area contributed by atoms with Crippen molar-refractivity contribution in [3.63, 3.8) is 0 Å². The van der Waals surface area contributed by atoms with E-state index in [1.165, 1.54) is 6.42 Å². The molecule has 2 aliphatic rings. The third-order valence-electron chi connectivity index (χ3n) is 5.66. The molecule has 1 saturated heterocycles. The fourth-order valence-electron chi connectivity index (χ4n) is 4.16. The minimum atomic E-state index is 0.0904. The molecule has 26 heavy (non-hydrogen) atoms. The summed E-state index contributed by atoms with van der Waals surface area (Å²) >= 11 is 1.70. The lowest BCUT2D eigenvalue weighted by Crippen LogP contribution is -2.71. The number of hydrogen-bond donors (Lipinski definition) is 2. The fraction of sp³-hybridized carbons (Fsp3) is 0.800. The summed E-state index contributed by atoms with van der Waals surface area (Å²) in [7, 11) is 0. The zero-order chi connectivity index (χ0) is 18.9. The van der Waals surface area contributed by atoms with Crippen molar-refractivity contribution in [2.75, 3.05) is 13.2 Å². The molecule has 146 valence electrons. The molecule has 0 spiro atoms. The molecular weight excluding hydrogens is 344 g/mol. The average molecular weight is 379 g/mol. The molecule has 1 aliphatic carbocycles. The molecule has 1 aromatic rings. The highest BCUT2D eigenvalue weighted by Gasteiger charge is 2.58. The van der Waals surface area contributed by atoms with Crippen molar-refractivity contribution in [3.05, 3.63) is 16.1 Å². The second kappa shape index (κ2) is 7.47. The molecule has 2 fully saturated rings. The van der Waals surface area contributed by atoms with E-state index in [0.717, 1.165) is 36.2 Å². The lowest BCUT2D eigenvalue weighted by atomic mass is 9.55. The van der Waals surface area contributed by atoms with Crippen molar-refractivity contribution < 1.29 is 4.74 Å². The Morgan fingerprint density at radius 3 is 2.85 bits per heavy atom. The maximum Gasteiger partial charge on any atom is 0.191 e. The van der Waals surface area contributed by atoms with Crippen molar-refractivity contribution in [3.8, 4) is 0 Å². The highest BCUT2D eigenvalue weighted by molar-refractivity contribution is 7.09. The third kappa shape index (κ3) is 3.91. The largest absolute Gasteiger partial charge is 0.377 e. The Bertz CT molecular complexity index is 646.